The summed E-state index contributed by atoms with van der Waals surface area (Å²) in [6.07, 6.45) is 3.63. The van der Waals surface area contributed by atoms with Gasteiger partial charge in [0.15, 0.2) is 0 Å². The van der Waals surface area contributed by atoms with Crippen molar-refractivity contribution in [2.75, 3.05) is 19.6 Å². The van der Waals surface area contributed by atoms with Gasteiger partial charge in [0.05, 0.1) is 4.90 Å². The number of nitrogens with zero attached hydrogens (tertiary/aromatic N) is 1. The number of carbonyl (C=O) groups is 1. The molecule has 1 aliphatic rings. The molecule has 1 aliphatic heterocycles. The first-order valence-corrected chi connectivity index (χ1v) is 10.0. The summed E-state index contributed by atoms with van der Waals surface area (Å²) in [6.45, 7) is 3.13. The molecule has 1 atom stereocenters. The Hall–Kier alpha value is -1.15. The number of rotatable bonds is 7. The van der Waals surface area contributed by atoms with Crippen molar-refractivity contribution in [3.05, 3.63) is 29.8 Å². The Balaban J connectivity index is 0.00000312. The molecule has 3 N–H and O–H groups in total. The van der Waals surface area contributed by atoms with E-state index >= 15 is 0 Å². The molecule has 1 amide bonds. The zero-order valence-corrected chi connectivity index (χ0v) is 16.2. The van der Waals surface area contributed by atoms with E-state index in [4.69, 9.17) is 5.73 Å². The number of carbonyl (C=O) groups excluding carboxylic acids is 1. The van der Waals surface area contributed by atoms with Crippen molar-refractivity contribution in [3.63, 3.8) is 0 Å². The first kappa shape index (κ1) is 21.9. The molecule has 8 heteroatoms. The van der Waals surface area contributed by atoms with Gasteiger partial charge < -0.3 is 11.1 Å². The van der Waals surface area contributed by atoms with E-state index in [-0.39, 0.29) is 30.8 Å². The molecule has 0 aromatic heterocycles. The SMILES string of the molecule is CCc1cccc(S(=O)(=O)N2CCCCC2CNC(=O)CCN)c1.Cl. The predicted molar refractivity (Wildman–Crippen MR) is 101 cm³/mol. The summed E-state index contributed by atoms with van der Waals surface area (Å²) in [6, 6.07) is 6.91. The van der Waals surface area contributed by atoms with Crippen molar-refractivity contribution in [2.24, 2.45) is 5.73 Å². The summed E-state index contributed by atoms with van der Waals surface area (Å²) < 4.78 is 27.6. The van der Waals surface area contributed by atoms with E-state index in [2.05, 4.69) is 5.32 Å². The van der Waals surface area contributed by atoms with E-state index in [0.717, 1.165) is 31.2 Å². The maximum atomic E-state index is 13.0. The van der Waals surface area contributed by atoms with Gasteiger partial charge in [0.1, 0.15) is 0 Å². The summed E-state index contributed by atoms with van der Waals surface area (Å²) in [5, 5.41) is 2.80. The number of amides is 1. The van der Waals surface area contributed by atoms with E-state index < -0.39 is 10.0 Å². The predicted octanol–water partition coefficient (Wildman–Crippen LogP) is 1.68. The van der Waals surface area contributed by atoms with Crippen LogP contribution >= 0.6 is 12.4 Å². The van der Waals surface area contributed by atoms with Gasteiger partial charge in [0.2, 0.25) is 15.9 Å². The Morgan fingerprint density at radius 2 is 2.12 bits per heavy atom. The molecule has 1 fully saturated rings. The highest BCUT2D eigenvalue weighted by atomic mass is 35.5. The fourth-order valence-electron chi connectivity index (χ4n) is 3.01. The van der Waals surface area contributed by atoms with Crippen LogP contribution in [0, 0.1) is 0 Å². The molecular formula is C17H28ClN3O3S. The van der Waals surface area contributed by atoms with Gasteiger partial charge >= 0.3 is 0 Å². The van der Waals surface area contributed by atoms with Crippen LogP contribution in [0.5, 0.6) is 0 Å². The van der Waals surface area contributed by atoms with E-state index in [1.165, 1.54) is 0 Å². The number of sulfonamides is 1. The molecule has 1 saturated heterocycles. The Morgan fingerprint density at radius 1 is 1.36 bits per heavy atom. The third-order valence-electron chi connectivity index (χ3n) is 4.39. The van der Waals surface area contributed by atoms with Gasteiger partial charge in [0.25, 0.3) is 0 Å². The van der Waals surface area contributed by atoms with E-state index in [0.29, 0.717) is 24.5 Å². The summed E-state index contributed by atoms with van der Waals surface area (Å²) in [5.41, 5.74) is 6.37. The molecule has 142 valence electrons. The zero-order chi connectivity index (χ0) is 17.6. The smallest absolute Gasteiger partial charge is 0.243 e. The van der Waals surface area contributed by atoms with E-state index in [1.54, 1.807) is 22.5 Å². The third-order valence-corrected chi connectivity index (χ3v) is 6.34. The lowest BCUT2D eigenvalue weighted by molar-refractivity contribution is -0.121. The lowest BCUT2D eigenvalue weighted by atomic mass is 10.1. The summed E-state index contributed by atoms with van der Waals surface area (Å²) in [4.78, 5) is 12.0. The fraction of sp³-hybridized carbons (Fsp3) is 0.588. The van der Waals surface area contributed by atoms with Gasteiger partial charge in [-0.3, -0.25) is 4.79 Å². The number of piperidine rings is 1. The standard InChI is InChI=1S/C17H27N3O3S.ClH/c1-2-14-6-5-8-16(12-14)24(22,23)20-11-4-3-7-15(20)13-19-17(21)9-10-18;/h5-6,8,12,15H,2-4,7,9-11,13,18H2,1H3,(H,19,21);1H. The van der Waals surface area contributed by atoms with Gasteiger partial charge in [-0.2, -0.15) is 4.31 Å². The second-order valence-corrected chi connectivity index (χ2v) is 8.00. The average molecular weight is 390 g/mol. The molecule has 0 spiro atoms. The monoisotopic (exact) mass is 389 g/mol. The maximum absolute atomic E-state index is 13.0. The number of benzene rings is 1. The number of nitrogens with two attached hydrogens (primary N) is 1. The summed E-state index contributed by atoms with van der Waals surface area (Å²) >= 11 is 0. The molecule has 1 aromatic rings. The van der Waals surface area contributed by atoms with Gasteiger partial charge in [0, 0.05) is 32.1 Å². The van der Waals surface area contributed by atoms with Gasteiger partial charge in [-0.15, -0.1) is 12.4 Å². The zero-order valence-electron chi connectivity index (χ0n) is 14.6. The average Bonchev–Trinajstić information content (AvgIpc) is 2.60. The van der Waals surface area contributed by atoms with Crippen molar-refractivity contribution in [2.45, 2.75) is 50.0 Å². The van der Waals surface area contributed by atoms with Crippen LogP contribution in [-0.4, -0.2) is 44.3 Å². The van der Waals surface area contributed by atoms with Crippen LogP contribution in [0.15, 0.2) is 29.2 Å². The van der Waals surface area contributed by atoms with Crippen LogP contribution < -0.4 is 11.1 Å². The van der Waals surface area contributed by atoms with Gasteiger partial charge in [-0.25, -0.2) is 8.42 Å². The minimum atomic E-state index is -3.55. The van der Waals surface area contributed by atoms with Crippen molar-refractivity contribution in [3.8, 4) is 0 Å². The normalized spacial score (nSPS) is 18.4. The minimum Gasteiger partial charge on any atom is -0.354 e. The first-order chi connectivity index (χ1) is 11.5. The topological polar surface area (TPSA) is 92.5 Å². The van der Waals surface area contributed by atoms with Crippen LogP contribution in [0.2, 0.25) is 0 Å². The molecule has 0 bridgehead atoms. The molecule has 2 rings (SSSR count). The summed E-state index contributed by atoms with van der Waals surface area (Å²) in [5.74, 6) is -0.131. The van der Waals surface area contributed by atoms with E-state index in [9.17, 15) is 13.2 Å². The molecule has 1 unspecified atom stereocenters. The van der Waals surface area contributed by atoms with Crippen molar-refractivity contribution in [1.82, 2.24) is 9.62 Å². The summed E-state index contributed by atoms with van der Waals surface area (Å²) in [7, 11) is -3.55. The van der Waals surface area contributed by atoms with Gasteiger partial charge in [-0.05, 0) is 37.0 Å². The third kappa shape index (κ3) is 5.67. The lowest BCUT2D eigenvalue weighted by Gasteiger charge is -2.34. The highest BCUT2D eigenvalue weighted by molar-refractivity contribution is 7.89. The minimum absolute atomic E-state index is 0. The number of nitrogens with one attached hydrogen (secondary N) is 1. The molecule has 1 aromatic carbocycles. The van der Waals surface area contributed by atoms with Gasteiger partial charge in [-0.1, -0.05) is 25.5 Å². The highest BCUT2D eigenvalue weighted by Crippen LogP contribution is 2.25. The first-order valence-electron chi connectivity index (χ1n) is 8.56. The van der Waals surface area contributed by atoms with Crippen molar-refractivity contribution in [1.29, 1.82) is 0 Å². The molecule has 1 heterocycles. The number of hydrogen-bond donors (Lipinski definition) is 2. The Kier molecular flexibility index (Phi) is 8.85. The highest BCUT2D eigenvalue weighted by Gasteiger charge is 2.33. The molecule has 0 saturated carbocycles. The Labute approximate surface area is 156 Å². The second kappa shape index (κ2) is 10.1. The van der Waals surface area contributed by atoms with Crippen LogP contribution in [0.4, 0.5) is 0 Å². The Bertz CT molecular complexity index is 667. The number of hydrogen-bond acceptors (Lipinski definition) is 4. The van der Waals surface area contributed by atoms with Crippen LogP contribution in [0.25, 0.3) is 0 Å². The number of halogens is 1. The number of aryl methyl sites for hydroxylation is 1. The molecule has 0 aliphatic carbocycles. The molecule has 6 nitrogen and oxygen atoms in total. The second-order valence-electron chi connectivity index (χ2n) is 6.11. The molecule has 25 heavy (non-hydrogen) atoms. The van der Waals surface area contributed by atoms with E-state index in [1.807, 2.05) is 13.0 Å². The van der Waals surface area contributed by atoms with Crippen LogP contribution in [-0.2, 0) is 21.2 Å². The van der Waals surface area contributed by atoms with Crippen LogP contribution in [0.3, 0.4) is 0 Å². The molecular weight excluding hydrogens is 362 g/mol. The fourth-order valence-corrected chi connectivity index (χ4v) is 4.77. The Morgan fingerprint density at radius 3 is 2.80 bits per heavy atom. The largest absolute Gasteiger partial charge is 0.354 e. The van der Waals surface area contributed by atoms with Crippen molar-refractivity contribution >= 4 is 28.3 Å². The quantitative estimate of drug-likeness (QED) is 0.742. The maximum Gasteiger partial charge on any atom is 0.243 e. The lowest BCUT2D eigenvalue weighted by Crippen LogP contribution is -2.49. The van der Waals surface area contributed by atoms with Crippen molar-refractivity contribution < 1.29 is 13.2 Å². The molecule has 0 radical (unpaired) electrons. The van der Waals surface area contributed by atoms with Crippen LogP contribution in [0.1, 0.15) is 38.2 Å².